The molecule has 1 amide bonds. The summed E-state index contributed by atoms with van der Waals surface area (Å²) < 4.78 is 0. The van der Waals surface area contributed by atoms with E-state index in [0.29, 0.717) is 10.6 Å². The molecule has 0 saturated carbocycles. The molecular weight excluding hydrogens is 318 g/mol. The minimum Gasteiger partial charge on any atom is -0.341 e. The summed E-state index contributed by atoms with van der Waals surface area (Å²) in [5.41, 5.74) is 3.72. The van der Waals surface area contributed by atoms with Gasteiger partial charge in [-0.25, -0.2) is 0 Å². The standard InChI is InChI=1S/C21H18ClNO/c1-15-9-5-6-12-17(15)20(16-10-3-2-4-11-16)23-21(24)18-13-7-8-14-19(18)22/h2-14,20H,1H3,(H,23,24)/t20-/m1/s1. The lowest BCUT2D eigenvalue weighted by Crippen LogP contribution is -2.30. The van der Waals surface area contributed by atoms with Crippen LogP contribution in [0.1, 0.15) is 33.1 Å². The molecule has 3 heteroatoms. The number of carbonyl (C=O) groups is 1. The predicted molar refractivity (Wildman–Crippen MR) is 98.4 cm³/mol. The molecule has 0 radical (unpaired) electrons. The Kier molecular flexibility index (Phi) is 4.97. The van der Waals surface area contributed by atoms with Crippen molar-refractivity contribution in [2.24, 2.45) is 0 Å². The Morgan fingerprint density at radius 1 is 0.875 bits per heavy atom. The fourth-order valence-electron chi connectivity index (χ4n) is 2.75. The number of aryl methyl sites for hydroxylation is 1. The Labute approximate surface area is 147 Å². The maximum absolute atomic E-state index is 12.7. The summed E-state index contributed by atoms with van der Waals surface area (Å²) in [7, 11) is 0. The monoisotopic (exact) mass is 335 g/mol. The molecule has 0 aliphatic heterocycles. The Hall–Kier alpha value is -2.58. The van der Waals surface area contributed by atoms with Crippen LogP contribution in [-0.4, -0.2) is 5.91 Å². The van der Waals surface area contributed by atoms with Crippen molar-refractivity contribution in [1.82, 2.24) is 5.32 Å². The lowest BCUT2D eigenvalue weighted by Gasteiger charge is -2.22. The molecule has 0 spiro atoms. The summed E-state index contributed by atoms with van der Waals surface area (Å²) in [6.07, 6.45) is 0. The average molecular weight is 336 g/mol. The quantitative estimate of drug-likeness (QED) is 0.700. The summed E-state index contributed by atoms with van der Waals surface area (Å²) in [6, 6.07) is 24.9. The lowest BCUT2D eigenvalue weighted by atomic mass is 9.94. The maximum Gasteiger partial charge on any atom is 0.253 e. The van der Waals surface area contributed by atoms with Gasteiger partial charge in [0.1, 0.15) is 0 Å². The van der Waals surface area contributed by atoms with Crippen LogP contribution in [0.4, 0.5) is 0 Å². The van der Waals surface area contributed by atoms with E-state index in [0.717, 1.165) is 16.7 Å². The van der Waals surface area contributed by atoms with E-state index in [1.807, 2.05) is 73.7 Å². The summed E-state index contributed by atoms with van der Waals surface area (Å²) >= 11 is 6.17. The van der Waals surface area contributed by atoms with Crippen LogP contribution in [-0.2, 0) is 0 Å². The average Bonchev–Trinajstić information content (AvgIpc) is 2.61. The SMILES string of the molecule is Cc1ccccc1[C@H](NC(=O)c1ccccc1Cl)c1ccccc1. The Morgan fingerprint density at radius 3 is 2.21 bits per heavy atom. The highest BCUT2D eigenvalue weighted by atomic mass is 35.5. The minimum absolute atomic E-state index is 0.183. The van der Waals surface area contributed by atoms with Gasteiger partial charge in [-0.2, -0.15) is 0 Å². The van der Waals surface area contributed by atoms with E-state index < -0.39 is 0 Å². The van der Waals surface area contributed by atoms with E-state index in [-0.39, 0.29) is 11.9 Å². The molecule has 3 aromatic carbocycles. The number of hydrogen-bond donors (Lipinski definition) is 1. The fraction of sp³-hybridized carbons (Fsp3) is 0.0952. The molecule has 1 atom stereocenters. The molecule has 0 aromatic heterocycles. The molecule has 0 bridgehead atoms. The molecule has 1 N–H and O–H groups in total. The highest BCUT2D eigenvalue weighted by Crippen LogP contribution is 2.26. The molecule has 0 aliphatic carbocycles. The first-order valence-electron chi connectivity index (χ1n) is 7.82. The first-order valence-corrected chi connectivity index (χ1v) is 8.20. The van der Waals surface area contributed by atoms with Crippen LogP contribution in [0, 0.1) is 6.92 Å². The lowest BCUT2D eigenvalue weighted by molar-refractivity contribution is 0.0943. The number of carbonyl (C=O) groups excluding carboxylic acids is 1. The summed E-state index contributed by atoms with van der Waals surface area (Å²) in [4.78, 5) is 12.7. The second-order valence-corrected chi connectivity index (χ2v) is 6.06. The van der Waals surface area contributed by atoms with Crippen molar-refractivity contribution in [1.29, 1.82) is 0 Å². The largest absolute Gasteiger partial charge is 0.341 e. The Morgan fingerprint density at radius 2 is 1.50 bits per heavy atom. The number of halogens is 1. The van der Waals surface area contributed by atoms with Gasteiger partial charge < -0.3 is 5.32 Å². The zero-order valence-electron chi connectivity index (χ0n) is 13.4. The predicted octanol–water partition coefficient (Wildman–Crippen LogP) is 5.17. The third-order valence-corrected chi connectivity index (χ3v) is 4.36. The second-order valence-electron chi connectivity index (χ2n) is 5.65. The van der Waals surface area contributed by atoms with Crippen molar-refractivity contribution in [3.63, 3.8) is 0 Å². The third kappa shape index (κ3) is 3.50. The Balaban J connectivity index is 1.99. The molecule has 120 valence electrons. The smallest absolute Gasteiger partial charge is 0.253 e. The van der Waals surface area contributed by atoms with E-state index >= 15 is 0 Å². The van der Waals surface area contributed by atoms with Crippen molar-refractivity contribution < 1.29 is 4.79 Å². The van der Waals surface area contributed by atoms with E-state index in [4.69, 9.17) is 11.6 Å². The molecule has 0 saturated heterocycles. The van der Waals surface area contributed by atoms with E-state index in [2.05, 4.69) is 5.32 Å². The van der Waals surface area contributed by atoms with E-state index in [9.17, 15) is 4.79 Å². The molecule has 3 aromatic rings. The van der Waals surface area contributed by atoms with Gasteiger partial charge in [0.25, 0.3) is 5.91 Å². The Bertz CT molecular complexity index is 845. The topological polar surface area (TPSA) is 29.1 Å². The zero-order valence-corrected chi connectivity index (χ0v) is 14.1. The number of nitrogens with one attached hydrogen (secondary N) is 1. The summed E-state index contributed by atoms with van der Waals surface area (Å²) in [5.74, 6) is -0.183. The van der Waals surface area contributed by atoms with Crippen molar-refractivity contribution in [2.45, 2.75) is 13.0 Å². The van der Waals surface area contributed by atoms with Crippen LogP contribution in [0.25, 0.3) is 0 Å². The van der Waals surface area contributed by atoms with Crippen LogP contribution in [0.15, 0.2) is 78.9 Å². The van der Waals surface area contributed by atoms with Crippen LogP contribution in [0.2, 0.25) is 5.02 Å². The number of benzene rings is 3. The number of rotatable bonds is 4. The second kappa shape index (κ2) is 7.33. The first kappa shape index (κ1) is 16.3. The molecule has 2 nitrogen and oxygen atoms in total. The summed E-state index contributed by atoms with van der Waals surface area (Å²) in [5, 5.41) is 3.57. The van der Waals surface area contributed by atoms with E-state index in [1.54, 1.807) is 12.1 Å². The van der Waals surface area contributed by atoms with Gasteiger partial charge in [0.2, 0.25) is 0 Å². The van der Waals surface area contributed by atoms with Gasteiger partial charge >= 0.3 is 0 Å². The molecule has 0 fully saturated rings. The molecule has 0 unspecified atom stereocenters. The van der Waals surface area contributed by atoms with Gasteiger partial charge in [-0.3, -0.25) is 4.79 Å². The van der Waals surface area contributed by atoms with Gasteiger partial charge in [-0.05, 0) is 35.7 Å². The molecule has 24 heavy (non-hydrogen) atoms. The van der Waals surface area contributed by atoms with Gasteiger partial charge in [-0.1, -0.05) is 78.3 Å². The normalized spacial score (nSPS) is 11.8. The zero-order chi connectivity index (χ0) is 16.9. The summed E-state index contributed by atoms with van der Waals surface area (Å²) in [6.45, 7) is 2.05. The minimum atomic E-state index is -0.226. The molecular formula is C21H18ClNO. The number of hydrogen-bond acceptors (Lipinski definition) is 1. The van der Waals surface area contributed by atoms with E-state index in [1.165, 1.54) is 0 Å². The molecule has 0 aliphatic rings. The van der Waals surface area contributed by atoms with Crippen LogP contribution in [0.5, 0.6) is 0 Å². The van der Waals surface area contributed by atoms with Crippen molar-refractivity contribution in [3.05, 3.63) is 106 Å². The molecule has 0 heterocycles. The number of amides is 1. The first-order chi connectivity index (χ1) is 11.7. The van der Waals surface area contributed by atoms with Crippen molar-refractivity contribution >= 4 is 17.5 Å². The van der Waals surface area contributed by atoms with Gasteiger partial charge in [0, 0.05) is 0 Å². The van der Waals surface area contributed by atoms with Crippen LogP contribution < -0.4 is 5.32 Å². The van der Waals surface area contributed by atoms with Crippen molar-refractivity contribution in [2.75, 3.05) is 0 Å². The van der Waals surface area contributed by atoms with Crippen LogP contribution in [0.3, 0.4) is 0 Å². The van der Waals surface area contributed by atoms with Crippen LogP contribution >= 0.6 is 11.6 Å². The van der Waals surface area contributed by atoms with Gasteiger partial charge in [0.05, 0.1) is 16.6 Å². The highest BCUT2D eigenvalue weighted by molar-refractivity contribution is 6.33. The van der Waals surface area contributed by atoms with Gasteiger partial charge in [-0.15, -0.1) is 0 Å². The third-order valence-electron chi connectivity index (χ3n) is 4.03. The van der Waals surface area contributed by atoms with Crippen molar-refractivity contribution in [3.8, 4) is 0 Å². The van der Waals surface area contributed by atoms with Gasteiger partial charge in [0.15, 0.2) is 0 Å². The maximum atomic E-state index is 12.7. The highest BCUT2D eigenvalue weighted by Gasteiger charge is 2.20. The molecule has 3 rings (SSSR count). The fourth-order valence-corrected chi connectivity index (χ4v) is 2.97.